The lowest BCUT2D eigenvalue weighted by atomic mass is 10.2. The quantitative estimate of drug-likeness (QED) is 0.513. The summed E-state index contributed by atoms with van der Waals surface area (Å²) in [5.74, 6) is 4.86. The van der Waals surface area contributed by atoms with Crippen molar-refractivity contribution in [3.05, 3.63) is 0 Å². The van der Waals surface area contributed by atoms with Gasteiger partial charge < -0.3 is 0 Å². The highest BCUT2D eigenvalue weighted by atomic mass is 19.1. The molecule has 0 radical (unpaired) electrons. The fourth-order valence-corrected chi connectivity index (χ4v) is 0.374. The van der Waals surface area contributed by atoms with Crippen molar-refractivity contribution in [3.8, 4) is 11.8 Å². The summed E-state index contributed by atoms with van der Waals surface area (Å²) in [4.78, 5) is 10.2. The minimum Gasteiger partial charge on any atom is -0.300 e. The molecule has 0 saturated heterocycles. The molecule has 0 fully saturated rings. The Morgan fingerprint density at radius 1 is 1.56 bits per heavy atom. The number of hydrogen-bond donors (Lipinski definition) is 0. The maximum Gasteiger partial charge on any atom is 0.150 e. The third kappa shape index (κ3) is 7.16. The Bertz CT molecular complexity index is 141. The predicted octanol–water partition coefficient (Wildman–Crippen LogP) is 1.33. The van der Waals surface area contributed by atoms with Crippen LogP contribution in [0.4, 0.5) is 4.39 Å². The molecule has 0 amide bonds. The summed E-state index contributed by atoms with van der Waals surface area (Å²) < 4.78 is 11.3. The largest absolute Gasteiger partial charge is 0.300 e. The van der Waals surface area contributed by atoms with Crippen molar-refractivity contribution in [1.82, 2.24) is 0 Å². The zero-order valence-electron chi connectivity index (χ0n) is 5.41. The predicted molar refractivity (Wildman–Crippen MR) is 33.7 cm³/mol. The van der Waals surface area contributed by atoms with Crippen molar-refractivity contribution in [2.24, 2.45) is 0 Å². The Labute approximate surface area is 54.3 Å². The Kier molecular flexibility index (Phi) is 4.81. The Morgan fingerprint density at radius 3 is 2.67 bits per heavy atom. The molecule has 0 atom stereocenters. The molecule has 0 heterocycles. The highest BCUT2D eigenvalue weighted by Gasteiger charge is 1.86. The summed E-state index contributed by atoms with van der Waals surface area (Å²) in [7, 11) is 0. The van der Waals surface area contributed by atoms with Gasteiger partial charge in [0.25, 0.3) is 0 Å². The maximum atomic E-state index is 11.3. The zero-order valence-corrected chi connectivity index (χ0v) is 5.41. The molecule has 0 bridgehead atoms. The average Bonchev–Trinajstić information content (AvgIpc) is 1.80. The van der Waals surface area contributed by atoms with Crippen LogP contribution in [0.5, 0.6) is 0 Å². The van der Waals surface area contributed by atoms with Gasteiger partial charge in [-0.1, -0.05) is 5.92 Å². The lowest BCUT2D eigenvalue weighted by Crippen LogP contribution is -1.86. The second-order valence-corrected chi connectivity index (χ2v) is 1.69. The van der Waals surface area contributed by atoms with Gasteiger partial charge in [-0.2, -0.15) is 0 Å². The van der Waals surface area contributed by atoms with Crippen molar-refractivity contribution in [2.75, 3.05) is 6.67 Å². The van der Waals surface area contributed by atoms with E-state index in [1.807, 2.05) is 0 Å². The molecule has 0 aromatic heterocycles. The number of rotatable bonds is 2. The van der Waals surface area contributed by atoms with Gasteiger partial charge in [-0.3, -0.25) is 4.79 Å². The van der Waals surface area contributed by atoms with E-state index in [4.69, 9.17) is 0 Å². The molecular weight excluding hydrogens is 119 g/mol. The summed E-state index contributed by atoms with van der Waals surface area (Å²) in [5, 5.41) is 0. The van der Waals surface area contributed by atoms with Crippen LogP contribution in [0.25, 0.3) is 0 Å². The van der Waals surface area contributed by atoms with Crippen molar-refractivity contribution >= 4 is 5.78 Å². The topological polar surface area (TPSA) is 17.1 Å². The molecule has 0 aliphatic rings. The van der Waals surface area contributed by atoms with Crippen LogP contribution < -0.4 is 0 Å². The standard InChI is InChI=1S/C7H9FO/c1-7(9)5-3-2-4-6-8/h3,5-6H2,1H3. The van der Waals surface area contributed by atoms with Gasteiger partial charge >= 0.3 is 0 Å². The van der Waals surface area contributed by atoms with Crippen molar-refractivity contribution in [1.29, 1.82) is 0 Å². The van der Waals surface area contributed by atoms with E-state index >= 15 is 0 Å². The van der Waals surface area contributed by atoms with Gasteiger partial charge in [0.05, 0.1) is 0 Å². The molecule has 0 aromatic carbocycles. The van der Waals surface area contributed by atoms with Gasteiger partial charge in [-0.25, -0.2) is 4.39 Å². The van der Waals surface area contributed by atoms with E-state index in [9.17, 15) is 9.18 Å². The summed E-state index contributed by atoms with van der Waals surface area (Å²) >= 11 is 0. The zero-order chi connectivity index (χ0) is 7.11. The number of carbonyl (C=O) groups excluding carboxylic acids is 1. The number of alkyl halides is 1. The molecule has 0 saturated carbocycles. The van der Waals surface area contributed by atoms with E-state index in [-0.39, 0.29) is 5.78 Å². The summed E-state index contributed by atoms with van der Waals surface area (Å²) in [6, 6.07) is 0. The third-order valence-corrected chi connectivity index (χ3v) is 0.794. The lowest BCUT2D eigenvalue weighted by Gasteiger charge is -1.82. The highest BCUT2D eigenvalue weighted by Crippen LogP contribution is 1.86. The monoisotopic (exact) mass is 128 g/mol. The van der Waals surface area contributed by atoms with Gasteiger partial charge in [-0.05, 0) is 6.92 Å². The minimum atomic E-state index is -0.613. The van der Waals surface area contributed by atoms with Gasteiger partial charge in [-0.15, -0.1) is 5.92 Å². The first-order valence-corrected chi connectivity index (χ1v) is 2.78. The SMILES string of the molecule is CC(=O)CCC#CCF. The third-order valence-electron chi connectivity index (χ3n) is 0.794. The second-order valence-electron chi connectivity index (χ2n) is 1.69. The van der Waals surface area contributed by atoms with Gasteiger partial charge in [0.1, 0.15) is 12.5 Å². The van der Waals surface area contributed by atoms with Gasteiger partial charge in [0.2, 0.25) is 0 Å². The Morgan fingerprint density at radius 2 is 2.22 bits per heavy atom. The molecule has 0 rings (SSSR count). The van der Waals surface area contributed by atoms with Crippen molar-refractivity contribution < 1.29 is 9.18 Å². The van der Waals surface area contributed by atoms with Crippen LogP contribution in [-0.2, 0) is 4.79 Å². The fraction of sp³-hybridized carbons (Fsp3) is 0.571. The van der Waals surface area contributed by atoms with E-state index in [0.717, 1.165) is 0 Å². The molecular formula is C7H9FO. The second kappa shape index (κ2) is 5.30. The van der Waals surface area contributed by atoms with E-state index in [1.165, 1.54) is 6.92 Å². The molecule has 50 valence electrons. The van der Waals surface area contributed by atoms with E-state index in [1.54, 1.807) is 0 Å². The number of hydrogen-bond acceptors (Lipinski definition) is 1. The molecule has 0 aromatic rings. The Balaban J connectivity index is 3.19. The van der Waals surface area contributed by atoms with Crippen LogP contribution in [0.2, 0.25) is 0 Å². The van der Waals surface area contributed by atoms with E-state index in [0.29, 0.717) is 12.8 Å². The number of carbonyl (C=O) groups is 1. The maximum absolute atomic E-state index is 11.3. The van der Waals surface area contributed by atoms with E-state index in [2.05, 4.69) is 11.8 Å². The van der Waals surface area contributed by atoms with Crippen LogP contribution >= 0.6 is 0 Å². The highest BCUT2D eigenvalue weighted by molar-refractivity contribution is 5.75. The lowest BCUT2D eigenvalue weighted by molar-refractivity contribution is -0.116. The number of Topliss-reactive ketones (excluding diaryl/α,β-unsaturated/α-hetero) is 1. The number of ketones is 1. The molecule has 0 aliphatic heterocycles. The van der Waals surface area contributed by atoms with Crippen LogP contribution in [0.1, 0.15) is 19.8 Å². The van der Waals surface area contributed by atoms with Crippen LogP contribution in [-0.4, -0.2) is 12.5 Å². The van der Waals surface area contributed by atoms with Gasteiger partial charge in [0.15, 0.2) is 0 Å². The van der Waals surface area contributed by atoms with Crippen molar-refractivity contribution in [2.45, 2.75) is 19.8 Å². The molecule has 9 heavy (non-hydrogen) atoms. The number of halogens is 1. The first-order valence-electron chi connectivity index (χ1n) is 2.78. The molecule has 0 unspecified atom stereocenters. The molecule has 1 nitrogen and oxygen atoms in total. The Hall–Kier alpha value is -0.840. The smallest absolute Gasteiger partial charge is 0.150 e. The van der Waals surface area contributed by atoms with Crippen LogP contribution in [0, 0.1) is 11.8 Å². The van der Waals surface area contributed by atoms with Crippen molar-refractivity contribution in [3.63, 3.8) is 0 Å². The first-order chi connectivity index (χ1) is 4.27. The molecule has 0 aliphatic carbocycles. The normalized spacial score (nSPS) is 7.78. The summed E-state index contributed by atoms with van der Waals surface area (Å²) in [5.41, 5.74) is 0. The van der Waals surface area contributed by atoms with Crippen LogP contribution in [0.3, 0.4) is 0 Å². The molecule has 0 spiro atoms. The van der Waals surface area contributed by atoms with Gasteiger partial charge in [0, 0.05) is 12.8 Å². The first kappa shape index (κ1) is 8.16. The van der Waals surface area contributed by atoms with E-state index < -0.39 is 6.67 Å². The summed E-state index contributed by atoms with van der Waals surface area (Å²) in [6.45, 7) is 0.884. The average molecular weight is 128 g/mol. The molecule has 0 N–H and O–H groups in total. The minimum absolute atomic E-state index is 0.100. The summed E-state index contributed by atoms with van der Waals surface area (Å²) in [6.07, 6.45) is 0.923. The molecule has 2 heteroatoms. The van der Waals surface area contributed by atoms with Crippen LogP contribution in [0.15, 0.2) is 0 Å². The fourth-order valence-electron chi connectivity index (χ4n) is 0.374.